The van der Waals surface area contributed by atoms with Crippen molar-refractivity contribution >= 4 is 45.7 Å². The van der Waals surface area contributed by atoms with Gasteiger partial charge in [-0.1, -0.05) is 48.5 Å². The van der Waals surface area contributed by atoms with Crippen LogP contribution in [0.1, 0.15) is 32.6 Å². The molecule has 8 nitrogen and oxygen atoms in total. The van der Waals surface area contributed by atoms with E-state index in [1.807, 2.05) is 30.3 Å². The van der Waals surface area contributed by atoms with Gasteiger partial charge in [-0.3, -0.25) is 9.59 Å². The third kappa shape index (κ3) is 7.96. The summed E-state index contributed by atoms with van der Waals surface area (Å²) in [5, 5.41) is 18.7. The van der Waals surface area contributed by atoms with E-state index in [0.29, 0.717) is 10.6 Å². The highest BCUT2D eigenvalue weighted by Gasteiger charge is 2.32. The topological polar surface area (TPSA) is 117 Å². The zero-order chi connectivity index (χ0) is 28.7. The maximum atomic E-state index is 13.0. The minimum absolute atomic E-state index is 0.0700. The number of nitrogens with one attached hydrogen (secondary N) is 3. The molecule has 4 aromatic rings. The van der Waals surface area contributed by atoms with Gasteiger partial charge in [0.2, 0.25) is 0 Å². The number of fused-ring (bicyclic) bond motifs is 1. The highest BCUT2D eigenvalue weighted by atomic mass is 32.1. The molecule has 1 atom stereocenters. The van der Waals surface area contributed by atoms with E-state index in [0.717, 1.165) is 22.1 Å². The number of hydrogen-bond donors (Lipinski definition) is 4. The van der Waals surface area contributed by atoms with Gasteiger partial charge >= 0.3 is 18.4 Å². The summed E-state index contributed by atoms with van der Waals surface area (Å²) < 4.78 is 43.2. The van der Waals surface area contributed by atoms with Gasteiger partial charge in [0.05, 0.1) is 17.3 Å². The lowest BCUT2D eigenvalue weighted by Crippen LogP contribution is -2.33. The fourth-order valence-electron chi connectivity index (χ4n) is 3.96. The first kappa shape index (κ1) is 28.4. The van der Waals surface area contributed by atoms with Crippen LogP contribution < -0.4 is 20.7 Å². The number of ether oxygens (including phenoxy) is 1. The third-order valence-corrected chi connectivity index (χ3v) is 6.95. The molecule has 1 aromatic heterocycles. The number of urea groups is 1. The van der Waals surface area contributed by atoms with Crippen molar-refractivity contribution in [3.8, 4) is 5.75 Å². The molecule has 0 bridgehead atoms. The molecule has 0 aliphatic heterocycles. The van der Waals surface area contributed by atoms with Crippen LogP contribution in [0.4, 0.5) is 23.7 Å². The lowest BCUT2D eigenvalue weighted by molar-refractivity contribution is -0.274. The van der Waals surface area contributed by atoms with E-state index in [4.69, 9.17) is 5.11 Å². The second kappa shape index (κ2) is 12.5. The normalized spacial score (nSPS) is 12.0. The van der Waals surface area contributed by atoms with E-state index >= 15 is 0 Å². The molecular formula is C28H24F3N3O5S. The van der Waals surface area contributed by atoms with Gasteiger partial charge in [-0.2, -0.15) is 0 Å². The molecule has 12 heteroatoms. The lowest BCUT2D eigenvalue weighted by Gasteiger charge is -2.20. The van der Waals surface area contributed by atoms with Crippen molar-refractivity contribution in [2.45, 2.75) is 25.2 Å². The van der Waals surface area contributed by atoms with Crippen molar-refractivity contribution in [3.63, 3.8) is 0 Å². The molecule has 40 heavy (non-hydrogen) atoms. The number of hydrogen-bond acceptors (Lipinski definition) is 5. The Hall–Kier alpha value is -4.58. The quantitative estimate of drug-likeness (QED) is 0.183. The summed E-state index contributed by atoms with van der Waals surface area (Å²) >= 11 is 1.03. The van der Waals surface area contributed by atoms with Crippen LogP contribution >= 0.6 is 11.3 Å². The number of alkyl halides is 3. The van der Waals surface area contributed by atoms with Crippen molar-refractivity contribution in [2.75, 3.05) is 11.9 Å². The number of para-hydroxylation sites is 1. The molecule has 0 spiro atoms. The molecule has 0 radical (unpaired) electrons. The third-order valence-electron chi connectivity index (χ3n) is 5.75. The first-order chi connectivity index (χ1) is 19.1. The highest BCUT2D eigenvalue weighted by molar-refractivity contribution is 7.14. The first-order valence-electron chi connectivity index (χ1n) is 12.1. The van der Waals surface area contributed by atoms with Crippen LogP contribution in [-0.2, 0) is 11.2 Å². The zero-order valence-corrected chi connectivity index (χ0v) is 21.6. The number of anilines is 1. The summed E-state index contributed by atoms with van der Waals surface area (Å²) in [6.07, 6.45) is -5.23. The van der Waals surface area contributed by atoms with Crippen molar-refractivity contribution < 1.29 is 37.4 Å². The van der Waals surface area contributed by atoms with Crippen molar-refractivity contribution in [2.24, 2.45) is 0 Å². The molecule has 3 aromatic carbocycles. The number of benzene rings is 3. The molecule has 3 amide bonds. The van der Waals surface area contributed by atoms with Crippen molar-refractivity contribution in [1.29, 1.82) is 0 Å². The number of carbonyl (C=O) groups is 3. The van der Waals surface area contributed by atoms with Gasteiger partial charge in [-0.05, 0) is 46.7 Å². The molecule has 4 rings (SSSR count). The Morgan fingerprint density at radius 3 is 2.40 bits per heavy atom. The summed E-state index contributed by atoms with van der Waals surface area (Å²) in [5.74, 6) is -1.97. The van der Waals surface area contributed by atoms with E-state index in [9.17, 15) is 27.6 Å². The van der Waals surface area contributed by atoms with Crippen LogP contribution in [0, 0.1) is 0 Å². The van der Waals surface area contributed by atoms with E-state index < -0.39 is 36.1 Å². The maximum Gasteiger partial charge on any atom is 0.573 e. The fraction of sp³-hybridized carbons (Fsp3) is 0.179. The standard InChI is InChI=1S/C28H24F3N3O5S/c29-28(30,31)39-22-8-4-3-7-19(22)16-21(23-11-12-24(40-23)26(37)32-14-13-25(35)36)34-27(38)33-20-10-9-17-5-1-2-6-18(17)15-20/h1-12,15,21H,13-14,16H2,(H,32,37)(H,35,36)(H2,33,34,38). The van der Waals surface area contributed by atoms with Gasteiger partial charge in [0, 0.05) is 23.5 Å². The monoisotopic (exact) mass is 571 g/mol. The number of amides is 3. The molecule has 1 unspecified atom stereocenters. The van der Waals surface area contributed by atoms with Crippen LogP contribution in [0.2, 0.25) is 0 Å². The minimum Gasteiger partial charge on any atom is -0.481 e. The van der Waals surface area contributed by atoms with Crippen molar-refractivity contribution in [1.82, 2.24) is 10.6 Å². The second-order valence-electron chi connectivity index (χ2n) is 8.67. The molecular weight excluding hydrogens is 547 g/mol. The molecule has 0 saturated carbocycles. The summed E-state index contributed by atoms with van der Waals surface area (Å²) in [7, 11) is 0. The minimum atomic E-state index is -4.91. The number of thiophene rings is 1. The van der Waals surface area contributed by atoms with Gasteiger partial charge in [0.1, 0.15) is 5.75 Å². The van der Waals surface area contributed by atoms with E-state index in [-0.39, 0.29) is 29.8 Å². The summed E-state index contributed by atoms with van der Waals surface area (Å²) in [6, 6.07) is 20.2. The fourth-order valence-corrected chi connectivity index (χ4v) is 4.94. The van der Waals surface area contributed by atoms with Gasteiger partial charge in [-0.15, -0.1) is 24.5 Å². The molecule has 1 heterocycles. The van der Waals surface area contributed by atoms with E-state index in [2.05, 4.69) is 20.7 Å². The summed E-state index contributed by atoms with van der Waals surface area (Å²) in [4.78, 5) is 37.0. The highest BCUT2D eigenvalue weighted by Crippen LogP contribution is 2.32. The molecule has 0 aliphatic carbocycles. The largest absolute Gasteiger partial charge is 0.573 e. The van der Waals surface area contributed by atoms with Crippen LogP contribution in [-0.4, -0.2) is 35.9 Å². The van der Waals surface area contributed by atoms with Gasteiger partial charge in [0.15, 0.2) is 0 Å². The maximum absolute atomic E-state index is 13.0. The van der Waals surface area contributed by atoms with Gasteiger partial charge in [-0.25, -0.2) is 4.79 Å². The molecule has 4 N–H and O–H groups in total. The predicted molar refractivity (Wildman–Crippen MR) is 145 cm³/mol. The van der Waals surface area contributed by atoms with E-state index in [1.54, 1.807) is 24.3 Å². The Morgan fingerprint density at radius 2 is 1.65 bits per heavy atom. The predicted octanol–water partition coefficient (Wildman–Crippen LogP) is 6.11. The SMILES string of the molecule is O=C(O)CCNC(=O)c1ccc(C(Cc2ccccc2OC(F)(F)F)NC(=O)Nc2ccc3ccccc3c2)s1. The Bertz CT molecular complexity index is 1520. The lowest BCUT2D eigenvalue weighted by atomic mass is 10.0. The summed E-state index contributed by atoms with van der Waals surface area (Å²) in [6.45, 7) is -0.0700. The Labute approximate surface area is 230 Å². The van der Waals surface area contributed by atoms with E-state index in [1.165, 1.54) is 24.3 Å². The molecule has 0 aliphatic rings. The van der Waals surface area contributed by atoms with Crippen molar-refractivity contribution in [3.05, 3.63) is 94.2 Å². The summed E-state index contributed by atoms with van der Waals surface area (Å²) in [5.41, 5.74) is 0.706. The second-order valence-corrected chi connectivity index (χ2v) is 9.79. The first-order valence-corrected chi connectivity index (χ1v) is 12.9. The number of halogens is 3. The average molecular weight is 572 g/mol. The zero-order valence-electron chi connectivity index (χ0n) is 20.8. The number of carboxylic acid groups (broad SMARTS) is 1. The Balaban J connectivity index is 1.56. The number of rotatable bonds is 10. The number of carbonyl (C=O) groups excluding carboxylic acids is 2. The molecule has 0 fully saturated rings. The van der Waals surface area contributed by atoms with Gasteiger partial charge < -0.3 is 25.8 Å². The Kier molecular flexibility index (Phi) is 8.90. The smallest absolute Gasteiger partial charge is 0.481 e. The van der Waals surface area contributed by atoms with Crippen LogP contribution in [0.25, 0.3) is 10.8 Å². The molecule has 0 saturated heterocycles. The number of carboxylic acids is 1. The van der Waals surface area contributed by atoms with Gasteiger partial charge in [0.25, 0.3) is 5.91 Å². The molecule has 208 valence electrons. The average Bonchev–Trinajstić information content (AvgIpc) is 3.39. The van der Waals surface area contributed by atoms with Crippen LogP contribution in [0.3, 0.4) is 0 Å². The van der Waals surface area contributed by atoms with Crippen LogP contribution in [0.15, 0.2) is 78.9 Å². The number of aliphatic carboxylic acids is 1. The Morgan fingerprint density at radius 1 is 0.925 bits per heavy atom. The van der Waals surface area contributed by atoms with Crippen LogP contribution in [0.5, 0.6) is 5.75 Å².